The van der Waals surface area contributed by atoms with Gasteiger partial charge in [0.15, 0.2) is 5.96 Å². The molecule has 2 rings (SSSR count). The average Bonchev–Trinajstić information content (AvgIpc) is 2.69. The number of hydrogen-bond donors (Lipinski definition) is 1. The van der Waals surface area contributed by atoms with Crippen LogP contribution in [0.3, 0.4) is 0 Å². The van der Waals surface area contributed by atoms with Gasteiger partial charge >= 0.3 is 0 Å². The maximum absolute atomic E-state index is 6.16. The molecule has 0 spiro atoms. The zero-order chi connectivity index (χ0) is 20.4. The van der Waals surface area contributed by atoms with Gasteiger partial charge in [-0.15, -0.1) is 24.0 Å². The van der Waals surface area contributed by atoms with Crippen molar-refractivity contribution < 1.29 is 9.47 Å². The summed E-state index contributed by atoms with van der Waals surface area (Å²) in [7, 11) is 0. The number of guanidine groups is 1. The summed E-state index contributed by atoms with van der Waals surface area (Å²) in [5, 5.41) is 3.48. The molecule has 0 aromatic carbocycles. The molecule has 0 aliphatic carbocycles. The van der Waals surface area contributed by atoms with Crippen LogP contribution in [-0.2, 0) is 9.47 Å². The minimum absolute atomic E-state index is 0. The summed E-state index contributed by atoms with van der Waals surface area (Å²) < 4.78 is 11.9. The Morgan fingerprint density at radius 1 is 1.14 bits per heavy atom. The van der Waals surface area contributed by atoms with Gasteiger partial charge in [-0.2, -0.15) is 0 Å². The fourth-order valence-corrected chi connectivity index (χ4v) is 4.23. The maximum atomic E-state index is 6.16. The van der Waals surface area contributed by atoms with E-state index in [1.165, 1.54) is 12.8 Å². The van der Waals surface area contributed by atoms with Gasteiger partial charge in [-0.1, -0.05) is 0 Å². The number of ether oxygens (including phenoxy) is 2. The predicted octanol–water partition coefficient (Wildman–Crippen LogP) is 3.74. The third-order valence-electron chi connectivity index (χ3n) is 5.81. The van der Waals surface area contributed by atoms with Crippen LogP contribution in [0.4, 0.5) is 0 Å². The maximum Gasteiger partial charge on any atom is 0.193 e. The lowest BCUT2D eigenvalue weighted by molar-refractivity contribution is -0.0721. The Hall–Kier alpha value is -0.120. The number of hydrogen-bond acceptors (Lipinski definition) is 4. The number of aliphatic imine (C=N–C) groups is 1. The molecule has 0 saturated carbocycles. The van der Waals surface area contributed by atoms with E-state index in [0.717, 1.165) is 71.2 Å². The van der Waals surface area contributed by atoms with Crippen LogP contribution in [0, 0.1) is 0 Å². The lowest BCUT2D eigenvalue weighted by Crippen LogP contribution is -2.47. The van der Waals surface area contributed by atoms with E-state index in [-0.39, 0.29) is 24.0 Å². The highest BCUT2D eigenvalue weighted by Gasteiger charge is 2.24. The molecule has 0 bridgehead atoms. The number of piperidine rings is 1. The van der Waals surface area contributed by atoms with E-state index in [1.807, 2.05) is 0 Å². The van der Waals surface area contributed by atoms with E-state index in [0.29, 0.717) is 24.3 Å². The Morgan fingerprint density at radius 3 is 2.38 bits per heavy atom. The van der Waals surface area contributed by atoms with E-state index in [2.05, 4.69) is 49.7 Å². The van der Waals surface area contributed by atoms with Gasteiger partial charge in [0.2, 0.25) is 0 Å². The molecule has 1 atom stereocenters. The van der Waals surface area contributed by atoms with Crippen molar-refractivity contribution in [2.75, 3.05) is 45.9 Å². The van der Waals surface area contributed by atoms with Crippen molar-refractivity contribution >= 4 is 29.9 Å². The van der Waals surface area contributed by atoms with Crippen LogP contribution in [0.1, 0.15) is 66.7 Å². The first-order chi connectivity index (χ1) is 13.5. The molecule has 1 unspecified atom stereocenters. The minimum Gasteiger partial charge on any atom is -0.376 e. The van der Waals surface area contributed by atoms with Gasteiger partial charge in [0.1, 0.15) is 0 Å². The Balaban J connectivity index is 0.00000420. The summed E-state index contributed by atoms with van der Waals surface area (Å²) in [4.78, 5) is 9.81. The summed E-state index contributed by atoms with van der Waals surface area (Å²) in [6, 6.07) is 1.11. The van der Waals surface area contributed by atoms with E-state index in [1.54, 1.807) is 0 Å². The van der Waals surface area contributed by atoms with Crippen LogP contribution in [-0.4, -0.2) is 86.0 Å². The summed E-state index contributed by atoms with van der Waals surface area (Å²) >= 11 is 0. The molecule has 0 aromatic rings. The van der Waals surface area contributed by atoms with E-state index in [4.69, 9.17) is 14.5 Å². The van der Waals surface area contributed by atoms with Crippen molar-refractivity contribution in [3.05, 3.63) is 0 Å². The van der Waals surface area contributed by atoms with Crippen LogP contribution in [0.5, 0.6) is 0 Å². The zero-order valence-corrected chi connectivity index (χ0v) is 21.7. The van der Waals surface area contributed by atoms with E-state index in [9.17, 15) is 0 Å². The lowest BCUT2D eigenvalue weighted by atomic mass is 10.1. The second kappa shape index (κ2) is 14.8. The highest BCUT2D eigenvalue weighted by atomic mass is 127. The third kappa shape index (κ3) is 9.70. The quantitative estimate of drug-likeness (QED) is 0.283. The molecule has 2 heterocycles. The molecular formula is C22H45IN4O2. The van der Waals surface area contributed by atoms with Gasteiger partial charge in [0.25, 0.3) is 0 Å². The Morgan fingerprint density at radius 2 is 1.83 bits per heavy atom. The Labute approximate surface area is 196 Å². The highest BCUT2D eigenvalue weighted by Crippen LogP contribution is 2.18. The SMILES string of the molecule is CCNC(=NCCN(C(C)C)C(C)C)N1CCC(OCC2CCCCO2)CC1.I. The van der Waals surface area contributed by atoms with Gasteiger partial charge in [-0.05, 0) is 66.7 Å². The van der Waals surface area contributed by atoms with Crippen molar-refractivity contribution in [2.24, 2.45) is 4.99 Å². The molecule has 2 aliphatic rings. The predicted molar refractivity (Wildman–Crippen MR) is 133 cm³/mol. The number of rotatable bonds is 9. The molecule has 172 valence electrons. The second-order valence-electron chi connectivity index (χ2n) is 8.67. The standard InChI is InChI=1S/C22H44N4O2.HI/c1-6-23-22(24-12-15-26(18(2)3)19(4)5)25-13-10-20(11-14-25)28-17-21-9-7-8-16-27-21;/h18-21H,6-17H2,1-5H3,(H,23,24);1H. The van der Waals surface area contributed by atoms with Gasteiger partial charge in [-0.25, -0.2) is 0 Å². The molecule has 2 aliphatic heterocycles. The second-order valence-corrected chi connectivity index (χ2v) is 8.67. The zero-order valence-electron chi connectivity index (χ0n) is 19.4. The fraction of sp³-hybridized carbons (Fsp3) is 0.955. The lowest BCUT2D eigenvalue weighted by Gasteiger charge is -2.35. The normalized spacial score (nSPS) is 21.7. The van der Waals surface area contributed by atoms with Crippen LogP contribution in [0.25, 0.3) is 0 Å². The highest BCUT2D eigenvalue weighted by molar-refractivity contribution is 14.0. The van der Waals surface area contributed by atoms with Gasteiger partial charge in [0, 0.05) is 44.9 Å². The monoisotopic (exact) mass is 524 g/mol. The molecule has 2 saturated heterocycles. The largest absolute Gasteiger partial charge is 0.376 e. The molecule has 0 amide bonds. The molecular weight excluding hydrogens is 479 g/mol. The van der Waals surface area contributed by atoms with E-state index < -0.39 is 0 Å². The van der Waals surface area contributed by atoms with E-state index >= 15 is 0 Å². The summed E-state index contributed by atoms with van der Waals surface area (Å²) in [5.74, 6) is 1.06. The van der Waals surface area contributed by atoms with Gasteiger partial charge in [0.05, 0.1) is 25.4 Å². The number of nitrogens with zero attached hydrogens (tertiary/aromatic N) is 3. The molecule has 6 nitrogen and oxygen atoms in total. The smallest absolute Gasteiger partial charge is 0.193 e. The van der Waals surface area contributed by atoms with Crippen LogP contribution in [0.15, 0.2) is 4.99 Å². The third-order valence-corrected chi connectivity index (χ3v) is 5.81. The van der Waals surface area contributed by atoms with Crippen molar-refractivity contribution in [1.82, 2.24) is 15.1 Å². The van der Waals surface area contributed by atoms with Crippen molar-refractivity contribution in [3.8, 4) is 0 Å². The van der Waals surface area contributed by atoms with Crippen LogP contribution >= 0.6 is 24.0 Å². The average molecular weight is 525 g/mol. The molecule has 2 fully saturated rings. The fourth-order valence-electron chi connectivity index (χ4n) is 4.23. The number of nitrogens with one attached hydrogen (secondary N) is 1. The number of likely N-dealkylation sites (tertiary alicyclic amines) is 1. The molecule has 0 aromatic heterocycles. The minimum atomic E-state index is 0. The summed E-state index contributed by atoms with van der Waals surface area (Å²) in [5.41, 5.74) is 0. The topological polar surface area (TPSA) is 49.3 Å². The Bertz CT molecular complexity index is 440. The first-order valence-electron chi connectivity index (χ1n) is 11.5. The van der Waals surface area contributed by atoms with Crippen molar-refractivity contribution in [3.63, 3.8) is 0 Å². The van der Waals surface area contributed by atoms with Crippen molar-refractivity contribution in [2.45, 2.75) is 91.0 Å². The van der Waals surface area contributed by atoms with Crippen LogP contribution < -0.4 is 5.32 Å². The van der Waals surface area contributed by atoms with Crippen LogP contribution in [0.2, 0.25) is 0 Å². The van der Waals surface area contributed by atoms with Gasteiger partial charge in [-0.3, -0.25) is 9.89 Å². The first-order valence-corrected chi connectivity index (χ1v) is 11.5. The van der Waals surface area contributed by atoms with Gasteiger partial charge < -0.3 is 19.7 Å². The summed E-state index contributed by atoms with van der Waals surface area (Å²) in [6.45, 7) is 17.6. The molecule has 29 heavy (non-hydrogen) atoms. The molecule has 1 N–H and O–H groups in total. The molecule has 0 radical (unpaired) electrons. The van der Waals surface area contributed by atoms with Crippen molar-refractivity contribution in [1.29, 1.82) is 0 Å². The Kier molecular flexibility index (Phi) is 13.7. The first kappa shape index (κ1) is 26.9. The molecule has 7 heteroatoms. The number of halogens is 1. The summed E-state index contributed by atoms with van der Waals surface area (Å²) in [6.07, 6.45) is 6.45.